The zero-order chi connectivity index (χ0) is 12.2. The highest BCUT2D eigenvalue weighted by Crippen LogP contribution is 2.49. The molecule has 0 aromatic rings. The summed E-state index contributed by atoms with van der Waals surface area (Å²) < 4.78 is 26.5. The predicted octanol–water partition coefficient (Wildman–Crippen LogP) is 1.22. The summed E-state index contributed by atoms with van der Waals surface area (Å²) in [6.45, 7) is 4.80. The van der Waals surface area contributed by atoms with Crippen LogP contribution in [-0.2, 0) is 10.0 Å². The normalized spacial score (nSPS) is 20.7. The van der Waals surface area contributed by atoms with Gasteiger partial charge in [0, 0.05) is 13.1 Å². The van der Waals surface area contributed by atoms with Crippen molar-refractivity contribution < 1.29 is 8.42 Å². The van der Waals surface area contributed by atoms with Gasteiger partial charge in [-0.3, -0.25) is 0 Å². The first-order chi connectivity index (χ1) is 7.49. The molecular weight excluding hydrogens is 224 g/mol. The van der Waals surface area contributed by atoms with E-state index in [0.717, 1.165) is 25.7 Å². The molecular formula is C11H24N2O2S. The third kappa shape index (κ3) is 3.43. The monoisotopic (exact) mass is 248 g/mol. The molecule has 1 aliphatic rings. The second kappa shape index (κ2) is 5.47. The van der Waals surface area contributed by atoms with Crippen LogP contribution in [0.4, 0.5) is 0 Å². The summed E-state index contributed by atoms with van der Waals surface area (Å²) in [6, 6.07) is 0. The first-order valence-electron chi connectivity index (χ1n) is 6.18. The highest BCUT2D eigenvalue weighted by Gasteiger charge is 2.42. The highest BCUT2D eigenvalue weighted by molar-refractivity contribution is 7.90. The number of rotatable bonds is 8. The minimum atomic E-state index is -3.21. The number of hydrogen-bond acceptors (Lipinski definition) is 3. The minimum Gasteiger partial charge on any atom is -0.329 e. The second-order valence-corrected chi connectivity index (χ2v) is 6.93. The average molecular weight is 248 g/mol. The average Bonchev–Trinajstić information content (AvgIpc) is 2.98. The van der Waals surface area contributed by atoms with Gasteiger partial charge in [-0.1, -0.05) is 20.3 Å². The summed E-state index contributed by atoms with van der Waals surface area (Å²) in [5.41, 5.74) is 5.72. The van der Waals surface area contributed by atoms with E-state index in [1.807, 2.05) is 6.92 Å². The van der Waals surface area contributed by atoms with Crippen molar-refractivity contribution in [3.63, 3.8) is 0 Å². The van der Waals surface area contributed by atoms with E-state index in [-0.39, 0.29) is 12.0 Å². The number of nitrogens with two attached hydrogens (primary N) is 1. The second-order valence-electron chi connectivity index (χ2n) is 4.88. The molecule has 0 spiro atoms. The maximum absolute atomic E-state index is 11.9. The van der Waals surface area contributed by atoms with Gasteiger partial charge in [-0.25, -0.2) is 13.1 Å². The molecule has 16 heavy (non-hydrogen) atoms. The molecule has 0 amide bonds. The summed E-state index contributed by atoms with van der Waals surface area (Å²) in [6.07, 6.45) is 5.13. The Labute approximate surface area is 99.0 Å². The van der Waals surface area contributed by atoms with Crippen molar-refractivity contribution in [2.75, 3.05) is 13.1 Å². The fourth-order valence-corrected chi connectivity index (χ4v) is 3.54. The van der Waals surface area contributed by atoms with Crippen LogP contribution >= 0.6 is 0 Å². The lowest BCUT2D eigenvalue weighted by Crippen LogP contribution is -2.41. The van der Waals surface area contributed by atoms with Crippen LogP contribution in [0.3, 0.4) is 0 Å². The van der Waals surface area contributed by atoms with Crippen molar-refractivity contribution in [3.8, 4) is 0 Å². The molecule has 3 N–H and O–H groups in total. The Morgan fingerprint density at radius 1 is 1.38 bits per heavy atom. The van der Waals surface area contributed by atoms with E-state index in [1.165, 1.54) is 0 Å². The van der Waals surface area contributed by atoms with Gasteiger partial charge in [0.1, 0.15) is 0 Å². The Balaban J connectivity index is 2.48. The molecule has 96 valence electrons. The Hall–Kier alpha value is -0.130. The number of nitrogens with one attached hydrogen (secondary N) is 1. The van der Waals surface area contributed by atoms with Crippen LogP contribution in [0.5, 0.6) is 0 Å². The lowest BCUT2D eigenvalue weighted by Gasteiger charge is -2.19. The van der Waals surface area contributed by atoms with E-state index in [1.54, 1.807) is 0 Å². The standard InChI is InChI=1S/C11H24N2O2S/c1-3-5-11(6-7-11)9-13-16(14,15)10(4-2)8-12/h10,13H,3-9,12H2,1-2H3. The zero-order valence-corrected chi connectivity index (χ0v) is 11.1. The fourth-order valence-electron chi connectivity index (χ4n) is 2.11. The van der Waals surface area contributed by atoms with Gasteiger partial charge in [-0.15, -0.1) is 0 Å². The summed E-state index contributed by atoms with van der Waals surface area (Å²) in [7, 11) is -3.21. The van der Waals surface area contributed by atoms with Crippen LogP contribution in [0.15, 0.2) is 0 Å². The molecule has 1 atom stereocenters. The molecule has 1 rings (SSSR count). The van der Waals surface area contributed by atoms with E-state index in [4.69, 9.17) is 5.73 Å². The van der Waals surface area contributed by atoms with Crippen LogP contribution in [0.2, 0.25) is 0 Å². The first kappa shape index (κ1) is 13.9. The van der Waals surface area contributed by atoms with Crippen LogP contribution in [0.25, 0.3) is 0 Å². The molecule has 0 bridgehead atoms. The lowest BCUT2D eigenvalue weighted by molar-refractivity contribution is 0.447. The van der Waals surface area contributed by atoms with Gasteiger partial charge in [0.2, 0.25) is 10.0 Å². The van der Waals surface area contributed by atoms with E-state index in [2.05, 4.69) is 11.6 Å². The maximum Gasteiger partial charge on any atom is 0.215 e. The van der Waals surface area contributed by atoms with Gasteiger partial charge in [0.15, 0.2) is 0 Å². The SMILES string of the molecule is CCCC1(CNS(=O)(=O)C(CC)CN)CC1. The zero-order valence-electron chi connectivity index (χ0n) is 10.3. The van der Waals surface area contributed by atoms with E-state index in [9.17, 15) is 8.42 Å². The first-order valence-corrected chi connectivity index (χ1v) is 7.73. The summed E-state index contributed by atoms with van der Waals surface area (Å²) in [5.74, 6) is 0. The van der Waals surface area contributed by atoms with Gasteiger partial charge < -0.3 is 5.73 Å². The lowest BCUT2D eigenvalue weighted by atomic mass is 10.0. The van der Waals surface area contributed by atoms with Crippen molar-refractivity contribution in [1.82, 2.24) is 4.72 Å². The van der Waals surface area contributed by atoms with E-state index in [0.29, 0.717) is 13.0 Å². The van der Waals surface area contributed by atoms with E-state index < -0.39 is 15.3 Å². The van der Waals surface area contributed by atoms with Crippen molar-refractivity contribution in [2.45, 2.75) is 51.2 Å². The van der Waals surface area contributed by atoms with Gasteiger partial charge in [-0.2, -0.15) is 0 Å². The predicted molar refractivity (Wildman–Crippen MR) is 66.6 cm³/mol. The third-order valence-electron chi connectivity index (χ3n) is 3.54. The summed E-state index contributed by atoms with van der Waals surface area (Å²) in [4.78, 5) is 0. The Kier molecular flexibility index (Phi) is 4.76. The van der Waals surface area contributed by atoms with Crippen LogP contribution < -0.4 is 10.5 Å². The molecule has 0 aromatic heterocycles. The Morgan fingerprint density at radius 3 is 2.38 bits per heavy atom. The third-order valence-corrected chi connectivity index (χ3v) is 5.49. The molecule has 4 nitrogen and oxygen atoms in total. The van der Waals surface area contributed by atoms with Crippen LogP contribution in [-0.4, -0.2) is 26.8 Å². The van der Waals surface area contributed by atoms with Crippen molar-refractivity contribution in [1.29, 1.82) is 0 Å². The molecule has 1 unspecified atom stereocenters. The largest absolute Gasteiger partial charge is 0.329 e. The number of sulfonamides is 1. The topological polar surface area (TPSA) is 72.2 Å². The van der Waals surface area contributed by atoms with Crippen LogP contribution in [0, 0.1) is 5.41 Å². The van der Waals surface area contributed by atoms with Crippen LogP contribution in [0.1, 0.15) is 46.0 Å². The van der Waals surface area contributed by atoms with Gasteiger partial charge in [0.05, 0.1) is 5.25 Å². The molecule has 5 heteroatoms. The number of hydrogen-bond donors (Lipinski definition) is 2. The molecule has 1 fully saturated rings. The van der Waals surface area contributed by atoms with Crippen molar-refractivity contribution >= 4 is 10.0 Å². The van der Waals surface area contributed by atoms with E-state index >= 15 is 0 Å². The molecule has 1 saturated carbocycles. The summed E-state index contributed by atoms with van der Waals surface area (Å²) in [5, 5.41) is -0.440. The van der Waals surface area contributed by atoms with Gasteiger partial charge >= 0.3 is 0 Å². The molecule has 0 heterocycles. The molecule has 1 aliphatic carbocycles. The maximum atomic E-state index is 11.9. The Bertz CT molecular complexity index is 306. The molecule has 0 aliphatic heterocycles. The highest BCUT2D eigenvalue weighted by atomic mass is 32.2. The molecule has 0 saturated heterocycles. The molecule has 0 aromatic carbocycles. The molecule has 0 radical (unpaired) electrons. The quantitative estimate of drug-likeness (QED) is 0.678. The smallest absolute Gasteiger partial charge is 0.215 e. The minimum absolute atomic E-state index is 0.201. The Morgan fingerprint density at radius 2 is 2.00 bits per heavy atom. The van der Waals surface area contributed by atoms with Crippen molar-refractivity contribution in [2.24, 2.45) is 11.1 Å². The fraction of sp³-hybridized carbons (Fsp3) is 1.00. The summed E-state index contributed by atoms with van der Waals surface area (Å²) >= 11 is 0. The van der Waals surface area contributed by atoms with Gasteiger partial charge in [-0.05, 0) is 31.1 Å². The van der Waals surface area contributed by atoms with Gasteiger partial charge in [0.25, 0.3) is 0 Å². The van der Waals surface area contributed by atoms with Crippen molar-refractivity contribution in [3.05, 3.63) is 0 Å².